The maximum atomic E-state index is 5.82. The second-order valence-electron chi connectivity index (χ2n) is 5.31. The minimum atomic E-state index is 0.393. The number of piperidine rings is 1. The Bertz CT molecular complexity index is 375. The zero-order valence-corrected chi connectivity index (χ0v) is 12.4. The van der Waals surface area contributed by atoms with Crippen LogP contribution in [0.5, 0.6) is 0 Å². The number of likely N-dealkylation sites (tertiary alicyclic amines) is 1. The van der Waals surface area contributed by atoms with Crippen LogP contribution >= 0.6 is 0 Å². The normalized spacial score (nSPS) is 17.7. The fourth-order valence-electron chi connectivity index (χ4n) is 2.49. The van der Waals surface area contributed by atoms with E-state index in [0.717, 1.165) is 64.3 Å². The average molecular weight is 282 g/mol. The highest BCUT2D eigenvalue weighted by Gasteiger charge is 2.21. The zero-order valence-electron chi connectivity index (χ0n) is 12.4. The zero-order chi connectivity index (χ0) is 14.2. The van der Waals surface area contributed by atoms with Crippen LogP contribution in [0.25, 0.3) is 0 Å². The Hall–Kier alpha value is -1.05. The molecule has 20 heavy (non-hydrogen) atoms. The fourth-order valence-corrected chi connectivity index (χ4v) is 2.49. The third-order valence-electron chi connectivity index (χ3n) is 3.64. The first-order chi connectivity index (χ1) is 9.83. The molecular formula is C13H26N6O. The summed E-state index contributed by atoms with van der Waals surface area (Å²) in [6.45, 7) is 7.45. The predicted octanol–water partition coefficient (Wildman–Crippen LogP) is 0.413. The van der Waals surface area contributed by atoms with Crippen molar-refractivity contribution in [2.45, 2.75) is 51.8 Å². The third-order valence-corrected chi connectivity index (χ3v) is 3.64. The molecule has 0 spiro atoms. The molecule has 0 atom stereocenters. The second kappa shape index (κ2) is 8.28. The minimum Gasteiger partial charge on any atom is -0.378 e. The largest absolute Gasteiger partial charge is 0.378 e. The molecule has 1 saturated heterocycles. The standard InChI is InChI=1S/C13H26N6O/c1-2-7-19-13(15-16-17-19)11-18-8-4-12(5-9-18)20-10-3-6-14/h12H,2-11,14H2,1H3. The van der Waals surface area contributed by atoms with Gasteiger partial charge in [-0.1, -0.05) is 6.92 Å². The maximum Gasteiger partial charge on any atom is 0.165 e. The number of aryl methyl sites for hydroxylation is 1. The molecule has 0 bridgehead atoms. The van der Waals surface area contributed by atoms with Crippen LogP contribution in [-0.4, -0.2) is 57.5 Å². The van der Waals surface area contributed by atoms with Crippen LogP contribution < -0.4 is 5.73 Å². The quantitative estimate of drug-likeness (QED) is 0.696. The van der Waals surface area contributed by atoms with Crippen molar-refractivity contribution < 1.29 is 4.74 Å². The van der Waals surface area contributed by atoms with Gasteiger partial charge in [0, 0.05) is 26.2 Å². The first-order valence-electron chi connectivity index (χ1n) is 7.62. The monoisotopic (exact) mass is 282 g/mol. The van der Waals surface area contributed by atoms with Gasteiger partial charge in [0.25, 0.3) is 0 Å². The lowest BCUT2D eigenvalue weighted by Crippen LogP contribution is -2.37. The molecular weight excluding hydrogens is 256 g/mol. The van der Waals surface area contributed by atoms with Crippen LogP contribution in [0, 0.1) is 0 Å². The van der Waals surface area contributed by atoms with Gasteiger partial charge in [-0.2, -0.15) is 0 Å². The lowest BCUT2D eigenvalue weighted by Gasteiger charge is -2.31. The molecule has 0 amide bonds. The Morgan fingerprint density at radius 1 is 1.35 bits per heavy atom. The molecule has 0 aliphatic carbocycles. The number of hydrogen-bond donors (Lipinski definition) is 1. The number of nitrogens with zero attached hydrogens (tertiary/aromatic N) is 5. The van der Waals surface area contributed by atoms with Gasteiger partial charge in [-0.25, -0.2) is 4.68 Å². The van der Waals surface area contributed by atoms with Crippen LogP contribution in [0.2, 0.25) is 0 Å². The summed E-state index contributed by atoms with van der Waals surface area (Å²) < 4.78 is 7.72. The summed E-state index contributed by atoms with van der Waals surface area (Å²) in [4.78, 5) is 2.40. The highest BCUT2D eigenvalue weighted by Crippen LogP contribution is 2.15. The van der Waals surface area contributed by atoms with Crippen molar-refractivity contribution in [3.63, 3.8) is 0 Å². The Morgan fingerprint density at radius 3 is 2.85 bits per heavy atom. The topological polar surface area (TPSA) is 82.1 Å². The molecule has 1 aromatic rings. The molecule has 7 heteroatoms. The summed E-state index contributed by atoms with van der Waals surface area (Å²) in [5.74, 6) is 0.967. The summed E-state index contributed by atoms with van der Waals surface area (Å²) in [7, 11) is 0. The van der Waals surface area contributed by atoms with E-state index in [4.69, 9.17) is 10.5 Å². The predicted molar refractivity (Wildman–Crippen MR) is 76.0 cm³/mol. The van der Waals surface area contributed by atoms with E-state index in [9.17, 15) is 0 Å². The molecule has 0 aromatic carbocycles. The van der Waals surface area contributed by atoms with Crippen LogP contribution in [0.1, 0.15) is 38.4 Å². The lowest BCUT2D eigenvalue weighted by molar-refractivity contribution is 0.00490. The first kappa shape index (κ1) is 15.3. The van der Waals surface area contributed by atoms with E-state index in [-0.39, 0.29) is 0 Å². The van der Waals surface area contributed by atoms with Crippen LogP contribution in [0.4, 0.5) is 0 Å². The van der Waals surface area contributed by atoms with Gasteiger partial charge in [-0.15, -0.1) is 5.10 Å². The third kappa shape index (κ3) is 4.50. The van der Waals surface area contributed by atoms with E-state index < -0.39 is 0 Å². The van der Waals surface area contributed by atoms with Crippen LogP contribution in [-0.2, 0) is 17.8 Å². The van der Waals surface area contributed by atoms with Crippen molar-refractivity contribution in [1.82, 2.24) is 25.1 Å². The number of nitrogens with two attached hydrogens (primary N) is 1. The molecule has 2 rings (SSSR count). The number of ether oxygens (including phenoxy) is 1. The highest BCUT2D eigenvalue weighted by molar-refractivity contribution is 4.83. The van der Waals surface area contributed by atoms with Gasteiger partial charge in [0.2, 0.25) is 0 Å². The molecule has 1 aromatic heterocycles. The van der Waals surface area contributed by atoms with E-state index in [0.29, 0.717) is 12.6 Å². The SMILES string of the molecule is CCCn1nnnc1CN1CCC(OCCCN)CC1. The molecule has 7 nitrogen and oxygen atoms in total. The van der Waals surface area contributed by atoms with Gasteiger partial charge in [0.05, 0.1) is 12.6 Å². The Labute approximate surface area is 120 Å². The Kier molecular flexibility index (Phi) is 6.35. The van der Waals surface area contributed by atoms with Crippen molar-refractivity contribution in [3.05, 3.63) is 5.82 Å². The number of aromatic nitrogens is 4. The van der Waals surface area contributed by atoms with E-state index in [1.807, 2.05) is 4.68 Å². The summed E-state index contributed by atoms with van der Waals surface area (Å²) in [6.07, 6.45) is 4.56. The van der Waals surface area contributed by atoms with Crippen molar-refractivity contribution in [3.8, 4) is 0 Å². The average Bonchev–Trinajstić information content (AvgIpc) is 2.89. The van der Waals surface area contributed by atoms with Gasteiger partial charge >= 0.3 is 0 Å². The molecule has 0 unspecified atom stereocenters. The highest BCUT2D eigenvalue weighted by atomic mass is 16.5. The van der Waals surface area contributed by atoms with Gasteiger partial charge in [0.15, 0.2) is 5.82 Å². The van der Waals surface area contributed by atoms with Gasteiger partial charge in [0.1, 0.15) is 0 Å². The fraction of sp³-hybridized carbons (Fsp3) is 0.923. The molecule has 1 aliphatic heterocycles. The minimum absolute atomic E-state index is 0.393. The van der Waals surface area contributed by atoms with E-state index in [1.165, 1.54) is 0 Å². The summed E-state index contributed by atoms with van der Waals surface area (Å²) in [5.41, 5.74) is 5.47. The molecule has 0 radical (unpaired) electrons. The smallest absolute Gasteiger partial charge is 0.165 e. The van der Waals surface area contributed by atoms with Crippen molar-refractivity contribution in [2.75, 3.05) is 26.2 Å². The Morgan fingerprint density at radius 2 is 2.15 bits per heavy atom. The molecule has 2 heterocycles. The number of rotatable bonds is 8. The van der Waals surface area contributed by atoms with E-state index in [2.05, 4.69) is 27.3 Å². The van der Waals surface area contributed by atoms with Crippen molar-refractivity contribution >= 4 is 0 Å². The van der Waals surface area contributed by atoms with Crippen molar-refractivity contribution in [1.29, 1.82) is 0 Å². The summed E-state index contributed by atoms with van der Waals surface area (Å²) in [6, 6.07) is 0. The molecule has 1 aliphatic rings. The second-order valence-corrected chi connectivity index (χ2v) is 5.31. The van der Waals surface area contributed by atoms with Gasteiger partial charge in [-0.05, 0) is 42.7 Å². The Balaban J connectivity index is 1.72. The van der Waals surface area contributed by atoms with Gasteiger partial charge < -0.3 is 10.5 Å². The van der Waals surface area contributed by atoms with Crippen molar-refractivity contribution in [2.24, 2.45) is 5.73 Å². The summed E-state index contributed by atoms with van der Waals surface area (Å²) >= 11 is 0. The molecule has 2 N–H and O–H groups in total. The number of tetrazole rings is 1. The van der Waals surface area contributed by atoms with Gasteiger partial charge in [-0.3, -0.25) is 4.90 Å². The lowest BCUT2D eigenvalue weighted by atomic mass is 10.1. The van der Waals surface area contributed by atoms with E-state index >= 15 is 0 Å². The van der Waals surface area contributed by atoms with Crippen LogP contribution in [0.15, 0.2) is 0 Å². The molecule has 1 fully saturated rings. The molecule has 0 saturated carbocycles. The summed E-state index contributed by atoms with van der Waals surface area (Å²) in [5, 5.41) is 11.9. The maximum absolute atomic E-state index is 5.82. The van der Waals surface area contributed by atoms with Crippen LogP contribution in [0.3, 0.4) is 0 Å². The first-order valence-corrected chi connectivity index (χ1v) is 7.62. The van der Waals surface area contributed by atoms with E-state index in [1.54, 1.807) is 0 Å². The number of hydrogen-bond acceptors (Lipinski definition) is 6. The molecule has 114 valence electrons.